The standard InChI is InChI=1S/C15H25N3O/c1-15(2)13(12-5-3-10-19-14(12)15)17-6-4-8-18-9-7-16-11-18/h7,9,11-14,17H,3-6,8,10H2,1-2H3. The molecule has 2 fully saturated rings. The third-order valence-electron chi connectivity index (χ3n) is 4.85. The third kappa shape index (κ3) is 2.43. The summed E-state index contributed by atoms with van der Waals surface area (Å²) in [5.74, 6) is 0.733. The van der Waals surface area contributed by atoms with E-state index in [1.54, 1.807) is 0 Å². The molecule has 3 rings (SSSR count). The lowest BCUT2D eigenvalue weighted by molar-refractivity contribution is -0.192. The summed E-state index contributed by atoms with van der Waals surface area (Å²) in [7, 11) is 0. The van der Waals surface area contributed by atoms with E-state index in [4.69, 9.17) is 4.74 Å². The molecule has 0 amide bonds. The van der Waals surface area contributed by atoms with E-state index in [1.165, 1.54) is 12.8 Å². The van der Waals surface area contributed by atoms with Crippen molar-refractivity contribution in [2.75, 3.05) is 13.2 Å². The van der Waals surface area contributed by atoms with Crippen LogP contribution in [0.3, 0.4) is 0 Å². The molecule has 4 nitrogen and oxygen atoms in total. The zero-order chi connectivity index (χ0) is 13.3. The van der Waals surface area contributed by atoms with Crippen LogP contribution in [0.1, 0.15) is 33.1 Å². The van der Waals surface area contributed by atoms with Gasteiger partial charge in [0.15, 0.2) is 0 Å². The van der Waals surface area contributed by atoms with E-state index >= 15 is 0 Å². The molecule has 2 heterocycles. The number of imidazole rings is 1. The van der Waals surface area contributed by atoms with E-state index in [9.17, 15) is 0 Å². The minimum absolute atomic E-state index is 0.292. The summed E-state index contributed by atoms with van der Waals surface area (Å²) in [5.41, 5.74) is 0.292. The summed E-state index contributed by atoms with van der Waals surface area (Å²) in [4.78, 5) is 4.07. The largest absolute Gasteiger partial charge is 0.377 e. The molecular formula is C15H25N3O. The fraction of sp³-hybridized carbons (Fsp3) is 0.800. The molecule has 106 valence electrons. The van der Waals surface area contributed by atoms with E-state index in [0.717, 1.165) is 32.0 Å². The highest BCUT2D eigenvalue weighted by molar-refractivity contribution is 5.10. The lowest BCUT2D eigenvalue weighted by Crippen LogP contribution is -2.69. The molecule has 0 aromatic carbocycles. The number of nitrogens with one attached hydrogen (secondary N) is 1. The van der Waals surface area contributed by atoms with Gasteiger partial charge < -0.3 is 14.6 Å². The van der Waals surface area contributed by atoms with E-state index in [2.05, 4.69) is 28.7 Å². The molecule has 4 heteroatoms. The molecule has 1 N–H and O–H groups in total. The van der Waals surface area contributed by atoms with Crippen molar-refractivity contribution in [2.24, 2.45) is 11.3 Å². The summed E-state index contributed by atoms with van der Waals surface area (Å²) < 4.78 is 8.07. The van der Waals surface area contributed by atoms with E-state index in [-0.39, 0.29) is 0 Å². The van der Waals surface area contributed by atoms with Crippen LogP contribution in [0.15, 0.2) is 18.7 Å². The monoisotopic (exact) mass is 263 g/mol. The third-order valence-corrected chi connectivity index (χ3v) is 4.85. The first kappa shape index (κ1) is 13.1. The molecule has 1 aliphatic carbocycles. The predicted octanol–water partition coefficient (Wildman–Crippen LogP) is 2.07. The second-order valence-corrected chi connectivity index (χ2v) is 6.50. The molecule has 2 aliphatic rings. The number of rotatable bonds is 5. The van der Waals surface area contributed by atoms with E-state index < -0.39 is 0 Å². The lowest BCUT2D eigenvalue weighted by atomic mass is 9.55. The molecule has 1 aromatic rings. The molecule has 1 aliphatic heterocycles. The Morgan fingerprint density at radius 3 is 3.16 bits per heavy atom. The zero-order valence-corrected chi connectivity index (χ0v) is 12.0. The van der Waals surface area contributed by atoms with Crippen LogP contribution in [-0.4, -0.2) is 34.8 Å². The van der Waals surface area contributed by atoms with Crippen molar-refractivity contribution in [1.82, 2.24) is 14.9 Å². The average Bonchev–Trinajstić information content (AvgIpc) is 2.91. The van der Waals surface area contributed by atoms with Crippen LogP contribution in [0.2, 0.25) is 0 Å². The number of hydrogen-bond donors (Lipinski definition) is 1. The Hall–Kier alpha value is -0.870. The van der Waals surface area contributed by atoms with Crippen molar-refractivity contribution in [2.45, 2.75) is 51.8 Å². The molecule has 3 atom stereocenters. The van der Waals surface area contributed by atoms with Crippen LogP contribution < -0.4 is 5.32 Å². The van der Waals surface area contributed by atoms with Crippen molar-refractivity contribution in [3.63, 3.8) is 0 Å². The molecule has 19 heavy (non-hydrogen) atoms. The number of aryl methyl sites for hydroxylation is 1. The van der Waals surface area contributed by atoms with Gasteiger partial charge in [-0.2, -0.15) is 0 Å². The highest BCUT2D eigenvalue weighted by atomic mass is 16.5. The second kappa shape index (κ2) is 5.25. The number of fused-ring (bicyclic) bond motifs is 1. The fourth-order valence-corrected chi connectivity index (χ4v) is 3.88. The Kier molecular flexibility index (Phi) is 3.63. The van der Waals surface area contributed by atoms with Gasteiger partial charge in [0.2, 0.25) is 0 Å². The maximum Gasteiger partial charge on any atom is 0.0945 e. The molecule has 0 radical (unpaired) electrons. The Labute approximate surface area is 115 Å². The maximum absolute atomic E-state index is 5.94. The van der Waals surface area contributed by atoms with Crippen LogP contribution >= 0.6 is 0 Å². The van der Waals surface area contributed by atoms with Gasteiger partial charge in [0, 0.05) is 42.9 Å². The molecule has 1 saturated heterocycles. The first-order valence-corrected chi connectivity index (χ1v) is 7.50. The fourth-order valence-electron chi connectivity index (χ4n) is 3.88. The zero-order valence-electron chi connectivity index (χ0n) is 12.0. The predicted molar refractivity (Wildman–Crippen MR) is 74.9 cm³/mol. The molecule has 0 spiro atoms. The molecule has 0 bridgehead atoms. The smallest absolute Gasteiger partial charge is 0.0945 e. The first-order valence-electron chi connectivity index (χ1n) is 7.50. The molecule has 1 aromatic heterocycles. The maximum atomic E-state index is 5.94. The Bertz CT molecular complexity index is 402. The number of hydrogen-bond acceptors (Lipinski definition) is 3. The van der Waals surface area contributed by atoms with Crippen LogP contribution in [0.5, 0.6) is 0 Å². The molecular weight excluding hydrogens is 238 g/mol. The minimum atomic E-state index is 0.292. The van der Waals surface area contributed by atoms with Crippen LogP contribution in [0.25, 0.3) is 0 Å². The van der Waals surface area contributed by atoms with Gasteiger partial charge >= 0.3 is 0 Å². The van der Waals surface area contributed by atoms with Crippen molar-refractivity contribution in [3.05, 3.63) is 18.7 Å². The van der Waals surface area contributed by atoms with Gasteiger partial charge in [-0.25, -0.2) is 4.98 Å². The summed E-state index contributed by atoms with van der Waals surface area (Å²) in [5, 5.41) is 3.76. The van der Waals surface area contributed by atoms with Gasteiger partial charge in [-0.1, -0.05) is 13.8 Å². The van der Waals surface area contributed by atoms with E-state index in [1.807, 2.05) is 18.7 Å². The number of ether oxygens (including phenoxy) is 1. The van der Waals surface area contributed by atoms with Crippen LogP contribution in [0, 0.1) is 11.3 Å². The highest BCUT2D eigenvalue weighted by Gasteiger charge is 2.57. The highest BCUT2D eigenvalue weighted by Crippen LogP contribution is 2.51. The average molecular weight is 263 g/mol. The topological polar surface area (TPSA) is 39.1 Å². The second-order valence-electron chi connectivity index (χ2n) is 6.50. The molecule has 1 saturated carbocycles. The Morgan fingerprint density at radius 2 is 2.37 bits per heavy atom. The Morgan fingerprint density at radius 1 is 1.47 bits per heavy atom. The van der Waals surface area contributed by atoms with E-state index in [0.29, 0.717) is 17.6 Å². The SMILES string of the molecule is CC1(C)C(NCCCn2ccnc2)C2CCCOC21. The van der Waals surface area contributed by atoms with Gasteiger partial charge in [0.1, 0.15) is 0 Å². The normalized spacial score (nSPS) is 32.6. The van der Waals surface area contributed by atoms with Crippen molar-refractivity contribution in [3.8, 4) is 0 Å². The number of aromatic nitrogens is 2. The van der Waals surface area contributed by atoms with Gasteiger partial charge in [-0.05, 0) is 25.8 Å². The van der Waals surface area contributed by atoms with Gasteiger partial charge in [-0.3, -0.25) is 0 Å². The van der Waals surface area contributed by atoms with Crippen molar-refractivity contribution < 1.29 is 4.74 Å². The minimum Gasteiger partial charge on any atom is -0.377 e. The lowest BCUT2D eigenvalue weighted by Gasteiger charge is -2.60. The van der Waals surface area contributed by atoms with Crippen LogP contribution in [0.4, 0.5) is 0 Å². The van der Waals surface area contributed by atoms with Crippen molar-refractivity contribution >= 4 is 0 Å². The summed E-state index contributed by atoms with van der Waals surface area (Å²) in [6.07, 6.45) is 9.94. The summed E-state index contributed by atoms with van der Waals surface area (Å²) in [6.45, 7) is 7.76. The van der Waals surface area contributed by atoms with Gasteiger partial charge in [0.25, 0.3) is 0 Å². The van der Waals surface area contributed by atoms with Gasteiger partial charge in [0.05, 0.1) is 12.4 Å². The van der Waals surface area contributed by atoms with Crippen molar-refractivity contribution in [1.29, 1.82) is 0 Å². The first-order chi connectivity index (χ1) is 9.19. The van der Waals surface area contributed by atoms with Gasteiger partial charge in [-0.15, -0.1) is 0 Å². The van der Waals surface area contributed by atoms with Crippen LogP contribution in [-0.2, 0) is 11.3 Å². The Balaban J connectivity index is 1.44. The molecule has 3 unspecified atom stereocenters. The quantitative estimate of drug-likeness (QED) is 0.827. The summed E-state index contributed by atoms with van der Waals surface area (Å²) >= 11 is 0. The summed E-state index contributed by atoms with van der Waals surface area (Å²) in [6, 6.07) is 0.626. The number of nitrogens with zero attached hydrogens (tertiary/aromatic N) is 2.